The van der Waals surface area contributed by atoms with Crippen LogP contribution in [0.5, 0.6) is 0 Å². The third kappa shape index (κ3) is 7.52. The summed E-state index contributed by atoms with van der Waals surface area (Å²) in [5, 5.41) is 5.84. The first-order valence-electron chi connectivity index (χ1n) is 10.3. The summed E-state index contributed by atoms with van der Waals surface area (Å²) in [6.45, 7) is 6.96. The highest BCUT2D eigenvalue weighted by molar-refractivity contribution is 5.85. The van der Waals surface area contributed by atoms with Gasteiger partial charge in [0, 0.05) is 38.3 Å². The van der Waals surface area contributed by atoms with E-state index in [9.17, 15) is 9.59 Å². The van der Waals surface area contributed by atoms with Gasteiger partial charge in [0.15, 0.2) is 0 Å². The Bertz CT molecular complexity index is 481. The molecule has 1 amide bonds. The van der Waals surface area contributed by atoms with Crippen molar-refractivity contribution in [3.63, 3.8) is 0 Å². The molecule has 170 valence electrons. The lowest BCUT2D eigenvalue weighted by Gasteiger charge is -2.45. The van der Waals surface area contributed by atoms with Crippen molar-refractivity contribution < 1.29 is 19.1 Å². The minimum Gasteiger partial charge on any atom is -0.466 e. The molecule has 2 aliphatic heterocycles. The molecule has 29 heavy (non-hydrogen) atoms. The molecule has 3 fully saturated rings. The summed E-state index contributed by atoms with van der Waals surface area (Å²) in [5.74, 6) is -0.557. The molecular weight excluding hydrogens is 419 g/mol. The number of piperidine rings is 1. The van der Waals surface area contributed by atoms with Crippen molar-refractivity contribution in [1.29, 1.82) is 0 Å². The minimum atomic E-state index is -0.998. The van der Waals surface area contributed by atoms with Crippen molar-refractivity contribution in [2.75, 3.05) is 46.4 Å². The largest absolute Gasteiger partial charge is 0.466 e. The number of amides is 1. The predicted octanol–water partition coefficient (Wildman–Crippen LogP) is 0.773. The predicted molar refractivity (Wildman–Crippen MR) is 116 cm³/mol. The number of carbonyl (C=O) groups is 2. The molecule has 0 bridgehead atoms. The Morgan fingerprint density at radius 2 is 1.48 bits per heavy atom. The number of carbonyl (C=O) groups excluding carboxylic acids is 2. The molecule has 2 saturated heterocycles. The van der Waals surface area contributed by atoms with Crippen LogP contribution in [0.25, 0.3) is 0 Å². The summed E-state index contributed by atoms with van der Waals surface area (Å²) >= 11 is 0. The van der Waals surface area contributed by atoms with E-state index in [1.54, 1.807) is 0 Å². The SMILES string of the molecule is COC(=O)C(NC=O)OC1CCC(N2CCN(C3CCNCC3)CC2)CC1.Cl.Cl. The molecule has 2 N–H and O–H groups in total. The Balaban J connectivity index is 0.00000210. The number of esters is 1. The standard InChI is InChI=1S/C19H34N4O4.2ClH/c1-26-19(25)18(21-14-24)27-17-4-2-15(3-5-17)22-10-12-23(13-11-22)16-6-8-20-9-7-16;;/h14-18,20H,2-13H2,1H3,(H,21,24);2*1H. The Hall–Kier alpha value is -0.640. The van der Waals surface area contributed by atoms with Crippen molar-refractivity contribution in [1.82, 2.24) is 20.4 Å². The van der Waals surface area contributed by atoms with Gasteiger partial charge in [0.1, 0.15) is 0 Å². The van der Waals surface area contributed by atoms with Crippen molar-refractivity contribution >= 4 is 37.2 Å². The number of hydrogen-bond acceptors (Lipinski definition) is 7. The van der Waals surface area contributed by atoms with Gasteiger partial charge in [0.2, 0.25) is 12.6 Å². The molecule has 0 aromatic carbocycles. The smallest absolute Gasteiger partial charge is 0.356 e. The first kappa shape index (κ1) is 26.4. The van der Waals surface area contributed by atoms with E-state index in [0.717, 1.165) is 57.9 Å². The minimum absolute atomic E-state index is 0. The fourth-order valence-electron chi connectivity index (χ4n) is 4.71. The molecule has 0 spiro atoms. The van der Waals surface area contributed by atoms with Crippen LogP contribution in [-0.4, -0.2) is 93.0 Å². The van der Waals surface area contributed by atoms with Gasteiger partial charge in [-0.1, -0.05) is 0 Å². The van der Waals surface area contributed by atoms with Gasteiger partial charge in [0.05, 0.1) is 13.2 Å². The van der Waals surface area contributed by atoms with E-state index < -0.39 is 12.2 Å². The first-order chi connectivity index (χ1) is 13.2. The van der Waals surface area contributed by atoms with Gasteiger partial charge in [-0.05, 0) is 51.6 Å². The van der Waals surface area contributed by atoms with E-state index in [1.807, 2.05) is 0 Å². The Morgan fingerprint density at radius 1 is 0.966 bits per heavy atom. The van der Waals surface area contributed by atoms with Crippen molar-refractivity contribution in [3.05, 3.63) is 0 Å². The fraction of sp³-hybridized carbons (Fsp3) is 0.895. The second kappa shape index (κ2) is 13.6. The summed E-state index contributed by atoms with van der Waals surface area (Å²) in [6.07, 6.45) is 6.00. The molecule has 3 rings (SSSR count). The monoisotopic (exact) mass is 454 g/mol. The number of piperazine rings is 1. The van der Waals surface area contributed by atoms with Crippen LogP contribution in [0.1, 0.15) is 38.5 Å². The number of halogens is 2. The molecule has 0 aromatic heterocycles. The average Bonchev–Trinajstić information content (AvgIpc) is 2.74. The number of ether oxygens (including phenoxy) is 2. The maximum atomic E-state index is 11.7. The van der Waals surface area contributed by atoms with E-state index in [0.29, 0.717) is 12.5 Å². The van der Waals surface area contributed by atoms with Crippen LogP contribution >= 0.6 is 24.8 Å². The molecular formula is C19H36Cl2N4O4. The topological polar surface area (TPSA) is 83.1 Å². The van der Waals surface area contributed by atoms with Crippen LogP contribution in [-0.2, 0) is 19.1 Å². The van der Waals surface area contributed by atoms with Crippen LogP contribution in [0, 0.1) is 0 Å². The zero-order chi connectivity index (χ0) is 19.1. The number of methoxy groups -OCH3 is 1. The summed E-state index contributed by atoms with van der Waals surface area (Å²) in [5.41, 5.74) is 0. The molecule has 1 atom stereocenters. The number of rotatable bonds is 7. The highest BCUT2D eigenvalue weighted by atomic mass is 35.5. The van der Waals surface area contributed by atoms with E-state index in [2.05, 4.69) is 25.2 Å². The van der Waals surface area contributed by atoms with Gasteiger partial charge >= 0.3 is 5.97 Å². The van der Waals surface area contributed by atoms with E-state index in [4.69, 9.17) is 4.74 Å². The van der Waals surface area contributed by atoms with E-state index in [1.165, 1.54) is 33.0 Å². The first-order valence-corrected chi connectivity index (χ1v) is 10.3. The van der Waals surface area contributed by atoms with Gasteiger partial charge < -0.3 is 20.1 Å². The van der Waals surface area contributed by atoms with Crippen LogP contribution in [0.15, 0.2) is 0 Å². The molecule has 0 radical (unpaired) electrons. The van der Waals surface area contributed by atoms with E-state index in [-0.39, 0.29) is 30.9 Å². The van der Waals surface area contributed by atoms with Crippen LogP contribution in [0.3, 0.4) is 0 Å². The van der Waals surface area contributed by atoms with Crippen molar-refractivity contribution in [2.45, 2.75) is 62.9 Å². The third-order valence-electron chi connectivity index (χ3n) is 6.30. The molecule has 8 nitrogen and oxygen atoms in total. The van der Waals surface area contributed by atoms with Crippen molar-refractivity contribution in [2.24, 2.45) is 0 Å². The highest BCUT2D eigenvalue weighted by Crippen LogP contribution is 2.27. The number of nitrogens with zero attached hydrogens (tertiary/aromatic N) is 2. The third-order valence-corrected chi connectivity index (χ3v) is 6.30. The molecule has 1 saturated carbocycles. The molecule has 1 aliphatic carbocycles. The summed E-state index contributed by atoms with van der Waals surface area (Å²) in [4.78, 5) is 27.6. The molecule has 0 aromatic rings. The summed E-state index contributed by atoms with van der Waals surface area (Å²) < 4.78 is 10.4. The zero-order valence-corrected chi connectivity index (χ0v) is 18.8. The van der Waals surface area contributed by atoms with Crippen LogP contribution < -0.4 is 10.6 Å². The van der Waals surface area contributed by atoms with Crippen LogP contribution in [0.2, 0.25) is 0 Å². The fourth-order valence-corrected chi connectivity index (χ4v) is 4.71. The molecule has 2 heterocycles. The lowest BCUT2D eigenvalue weighted by atomic mass is 9.91. The van der Waals surface area contributed by atoms with Crippen LogP contribution in [0.4, 0.5) is 0 Å². The second-order valence-corrected chi connectivity index (χ2v) is 7.81. The van der Waals surface area contributed by atoms with Crippen molar-refractivity contribution in [3.8, 4) is 0 Å². The van der Waals surface area contributed by atoms with Gasteiger partial charge in [0.25, 0.3) is 0 Å². The van der Waals surface area contributed by atoms with Gasteiger partial charge in [-0.3, -0.25) is 14.6 Å². The summed E-state index contributed by atoms with van der Waals surface area (Å²) in [6, 6.07) is 1.37. The average molecular weight is 455 g/mol. The second-order valence-electron chi connectivity index (χ2n) is 7.81. The Kier molecular flexibility index (Phi) is 12.4. The quantitative estimate of drug-likeness (QED) is 0.334. The Labute approximate surface area is 186 Å². The number of hydrogen-bond donors (Lipinski definition) is 2. The van der Waals surface area contributed by atoms with Gasteiger partial charge in [-0.15, -0.1) is 24.8 Å². The summed E-state index contributed by atoms with van der Waals surface area (Å²) in [7, 11) is 1.30. The highest BCUT2D eigenvalue weighted by Gasteiger charge is 2.32. The molecule has 3 aliphatic rings. The maximum absolute atomic E-state index is 11.7. The lowest BCUT2D eigenvalue weighted by molar-refractivity contribution is -0.164. The maximum Gasteiger partial charge on any atom is 0.356 e. The van der Waals surface area contributed by atoms with E-state index >= 15 is 0 Å². The number of nitrogens with one attached hydrogen (secondary N) is 2. The Morgan fingerprint density at radius 3 is 1.97 bits per heavy atom. The molecule has 1 unspecified atom stereocenters. The lowest BCUT2D eigenvalue weighted by Crippen LogP contribution is -2.55. The van der Waals surface area contributed by atoms with Gasteiger partial charge in [-0.25, -0.2) is 4.79 Å². The zero-order valence-electron chi connectivity index (χ0n) is 17.2. The van der Waals surface area contributed by atoms with Gasteiger partial charge in [-0.2, -0.15) is 0 Å². The molecule has 10 heteroatoms. The normalized spacial score (nSPS) is 27.8.